The second-order valence-corrected chi connectivity index (χ2v) is 6.83. The van der Waals surface area contributed by atoms with Crippen LogP contribution in [0.5, 0.6) is 0 Å². The van der Waals surface area contributed by atoms with Crippen molar-refractivity contribution in [3.8, 4) is 11.5 Å². The molecule has 4 rings (SSSR count). The zero-order chi connectivity index (χ0) is 18.1. The van der Waals surface area contributed by atoms with Crippen molar-refractivity contribution in [2.75, 3.05) is 11.4 Å². The summed E-state index contributed by atoms with van der Waals surface area (Å²) < 4.78 is 5.42. The lowest BCUT2D eigenvalue weighted by molar-refractivity contribution is -0.117. The van der Waals surface area contributed by atoms with Crippen LogP contribution in [-0.2, 0) is 11.2 Å². The summed E-state index contributed by atoms with van der Waals surface area (Å²) in [5.41, 5.74) is 2.98. The van der Waals surface area contributed by atoms with Crippen molar-refractivity contribution in [3.05, 3.63) is 64.9 Å². The maximum atomic E-state index is 12.4. The zero-order valence-corrected chi connectivity index (χ0v) is 15.1. The first-order valence-corrected chi connectivity index (χ1v) is 9.00. The number of anilines is 1. The van der Waals surface area contributed by atoms with Gasteiger partial charge in [0.25, 0.3) is 5.89 Å². The highest BCUT2D eigenvalue weighted by molar-refractivity contribution is 6.30. The molecule has 2 heterocycles. The molecule has 1 aliphatic rings. The third-order valence-electron chi connectivity index (χ3n) is 4.68. The number of hydrogen-bond donors (Lipinski definition) is 0. The molecule has 1 atom stereocenters. The molecular formula is C20H18ClN3O2. The molecule has 1 aliphatic heterocycles. The van der Waals surface area contributed by atoms with Gasteiger partial charge in [0, 0.05) is 35.2 Å². The Hall–Kier alpha value is -2.66. The molecule has 5 nitrogen and oxygen atoms in total. The van der Waals surface area contributed by atoms with E-state index in [2.05, 4.69) is 29.2 Å². The van der Waals surface area contributed by atoms with E-state index in [-0.39, 0.29) is 11.8 Å². The summed E-state index contributed by atoms with van der Waals surface area (Å²) in [5, 5.41) is 4.75. The predicted octanol–water partition coefficient (Wildman–Crippen LogP) is 4.47. The SMILES string of the molecule is CCc1ccc(-c2nc([C@H]3CC(=O)N(c4ccc(Cl)cc4)C3)no2)cc1. The van der Waals surface area contributed by atoms with Gasteiger partial charge in [-0.3, -0.25) is 4.79 Å². The van der Waals surface area contributed by atoms with Crippen molar-refractivity contribution >= 4 is 23.2 Å². The Bertz CT molecular complexity index is 919. The van der Waals surface area contributed by atoms with E-state index in [0.717, 1.165) is 17.7 Å². The molecule has 1 amide bonds. The number of halogens is 1. The fraction of sp³-hybridized carbons (Fsp3) is 0.250. The van der Waals surface area contributed by atoms with E-state index in [0.29, 0.717) is 29.7 Å². The predicted molar refractivity (Wildman–Crippen MR) is 100 cm³/mol. The quantitative estimate of drug-likeness (QED) is 0.682. The van der Waals surface area contributed by atoms with Crippen LogP contribution >= 0.6 is 11.6 Å². The maximum absolute atomic E-state index is 12.4. The Morgan fingerprint density at radius 1 is 1.15 bits per heavy atom. The van der Waals surface area contributed by atoms with Crippen molar-refractivity contribution < 1.29 is 9.32 Å². The number of rotatable bonds is 4. The molecule has 26 heavy (non-hydrogen) atoms. The molecule has 1 saturated heterocycles. The molecule has 0 aliphatic carbocycles. The maximum Gasteiger partial charge on any atom is 0.257 e. The molecule has 0 radical (unpaired) electrons. The molecule has 2 aromatic carbocycles. The van der Waals surface area contributed by atoms with Gasteiger partial charge >= 0.3 is 0 Å². The van der Waals surface area contributed by atoms with Crippen molar-refractivity contribution in [2.24, 2.45) is 0 Å². The Balaban J connectivity index is 1.52. The fourth-order valence-corrected chi connectivity index (χ4v) is 3.28. The summed E-state index contributed by atoms with van der Waals surface area (Å²) in [6.45, 7) is 2.65. The van der Waals surface area contributed by atoms with Crippen molar-refractivity contribution in [1.29, 1.82) is 0 Å². The number of carbonyl (C=O) groups excluding carboxylic acids is 1. The lowest BCUT2D eigenvalue weighted by Crippen LogP contribution is -2.24. The van der Waals surface area contributed by atoms with Crippen molar-refractivity contribution in [1.82, 2.24) is 10.1 Å². The lowest BCUT2D eigenvalue weighted by atomic mass is 10.1. The molecule has 6 heteroatoms. The van der Waals surface area contributed by atoms with Gasteiger partial charge in [-0.1, -0.05) is 35.8 Å². The van der Waals surface area contributed by atoms with E-state index in [1.54, 1.807) is 17.0 Å². The van der Waals surface area contributed by atoms with Gasteiger partial charge < -0.3 is 9.42 Å². The first-order valence-electron chi connectivity index (χ1n) is 8.63. The summed E-state index contributed by atoms with van der Waals surface area (Å²) in [6.07, 6.45) is 1.36. The van der Waals surface area contributed by atoms with Crippen molar-refractivity contribution in [3.63, 3.8) is 0 Å². The number of amides is 1. The summed E-state index contributed by atoms with van der Waals surface area (Å²) in [5.74, 6) is 1.03. The summed E-state index contributed by atoms with van der Waals surface area (Å²) in [6, 6.07) is 15.3. The van der Waals surface area contributed by atoms with E-state index in [4.69, 9.17) is 16.1 Å². The van der Waals surface area contributed by atoms with Crippen LogP contribution in [0.2, 0.25) is 5.02 Å². The molecule has 0 spiro atoms. The standard InChI is InChI=1S/C20H18ClN3O2/c1-2-13-3-5-14(6-4-13)20-22-19(23-26-20)15-11-18(25)24(12-15)17-9-7-16(21)8-10-17/h3-10,15H,2,11-12H2,1H3/t15-/m0/s1. The summed E-state index contributed by atoms with van der Waals surface area (Å²) >= 11 is 5.92. The molecule has 0 unspecified atom stereocenters. The van der Waals surface area contributed by atoms with E-state index >= 15 is 0 Å². The Morgan fingerprint density at radius 3 is 2.58 bits per heavy atom. The fourth-order valence-electron chi connectivity index (χ4n) is 3.15. The van der Waals surface area contributed by atoms with Gasteiger partial charge in [0.05, 0.1) is 0 Å². The van der Waals surface area contributed by atoms with Gasteiger partial charge in [-0.05, 0) is 48.4 Å². The van der Waals surface area contributed by atoms with Gasteiger partial charge in [0.1, 0.15) is 0 Å². The van der Waals surface area contributed by atoms with Gasteiger partial charge in [0.2, 0.25) is 5.91 Å². The lowest BCUT2D eigenvalue weighted by Gasteiger charge is -2.16. The second kappa shape index (κ2) is 6.92. The van der Waals surface area contributed by atoms with Crippen LogP contribution in [0.25, 0.3) is 11.5 Å². The molecule has 3 aromatic rings. The Morgan fingerprint density at radius 2 is 1.88 bits per heavy atom. The zero-order valence-electron chi connectivity index (χ0n) is 14.4. The molecule has 132 valence electrons. The van der Waals surface area contributed by atoms with Crippen LogP contribution in [0.1, 0.15) is 30.7 Å². The molecular weight excluding hydrogens is 350 g/mol. The summed E-state index contributed by atoms with van der Waals surface area (Å²) in [4.78, 5) is 18.7. The smallest absolute Gasteiger partial charge is 0.257 e. The van der Waals surface area contributed by atoms with E-state index in [1.165, 1.54) is 5.56 Å². The number of carbonyl (C=O) groups is 1. The minimum absolute atomic E-state index is 0.0518. The number of nitrogens with zero attached hydrogens (tertiary/aromatic N) is 3. The topological polar surface area (TPSA) is 59.2 Å². The number of benzene rings is 2. The van der Waals surface area contributed by atoms with E-state index < -0.39 is 0 Å². The highest BCUT2D eigenvalue weighted by Crippen LogP contribution is 2.32. The number of aryl methyl sites for hydroxylation is 1. The van der Waals surface area contributed by atoms with Crippen LogP contribution in [0.15, 0.2) is 53.1 Å². The van der Waals surface area contributed by atoms with Gasteiger partial charge in [-0.15, -0.1) is 0 Å². The van der Waals surface area contributed by atoms with Crippen molar-refractivity contribution in [2.45, 2.75) is 25.7 Å². The molecule has 0 bridgehead atoms. The third kappa shape index (κ3) is 3.22. The van der Waals surface area contributed by atoms with Crippen LogP contribution in [-0.4, -0.2) is 22.6 Å². The first-order chi connectivity index (χ1) is 12.6. The largest absolute Gasteiger partial charge is 0.334 e. The van der Waals surface area contributed by atoms with Gasteiger partial charge in [-0.2, -0.15) is 4.98 Å². The molecule has 1 fully saturated rings. The van der Waals surface area contributed by atoms with Crippen LogP contribution < -0.4 is 4.90 Å². The Labute approximate surface area is 156 Å². The minimum atomic E-state index is -0.0782. The van der Waals surface area contributed by atoms with Crippen LogP contribution in [0.4, 0.5) is 5.69 Å². The van der Waals surface area contributed by atoms with Gasteiger partial charge in [-0.25, -0.2) is 0 Å². The number of aromatic nitrogens is 2. The molecule has 0 saturated carbocycles. The van der Waals surface area contributed by atoms with Crippen LogP contribution in [0, 0.1) is 0 Å². The monoisotopic (exact) mass is 367 g/mol. The molecule has 0 N–H and O–H groups in total. The minimum Gasteiger partial charge on any atom is -0.334 e. The van der Waals surface area contributed by atoms with Crippen LogP contribution in [0.3, 0.4) is 0 Å². The normalized spacial score (nSPS) is 17.1. The number of hydrogen-bond acceptors (Lipinski definition) is 4. The van der Waals surface area contributed by atoms with Gasteiger partial charge in [0.15, 0.2) is 5.82 Å². The Kier molecular flexibility index (Phi) is 4.47. The van der Waals surface area contributed by atoms with E-state index in [9.17, 15) is 4.79 Å². The highest BCUT2D eigenvalue weighted by atomic mass is 35.5. The second-order valence-electron chi connectivity index (χ2n) is 6.39. The highest BCUT2D eigenvalue weighted by Gasteiger charge is 2.34. The average Bonchev–Trinajstić information content (AvgIpc) is 3.29. The van der Waals surface area contributed by atoms with E-state index in [1.807, 2.05) is 24.3 Å². The average molecular weight is 368 g/mol. The third-order valence-corrected chi connectivity index (χ3v) is 4.93. The summed E-state index contributed by atoms with van der Waals surface area (Å²) in [7, 11) is 0. The first kappa shape index (κ1) is 16.8. The molecule has 1 aromatic heterocycles.